The number of carbonyl (C=O) groups excluding carboxylic acids is 1. The van der Waals surface area contributed by atoms with Gasteiger partial charge in [-0.2, -0.15) is 0 Å². The summed E-state index contributed by atoms with van der Waals surface area (Å²) >= 11 is 9.29. The number of amides is 1. The average molecular weight is 319 g/mol. The van der Waals surface area contributed by atoms with E-state index in [1.807, 2.05) is 26.0 Å². The van der Waals surface area contributed by atoms with E-state index in [0.29, 0.717) is 5.02 Å². The molecule has 1 aromatic rings. The number of rotatable bonds is 4. The lowest BCUT2D eigenvalue weighted by molar-refractivity contribution is -0.124. The zero-order valence-corrected chi connectivity index (χ0v) is 12.7. The number of anilines is 1. The van der Waals surface area contributed by atoms with Crippen LogP contribution in [0.25, 0.3) is 0 Å². The summed E-state index contributed by atoms with van der Waals surface area (Å²) in [5, 5.41) is 3.48. The first-order valence-electron chi connectivity index (χ1n) is 5.63. The fraction of sp³-hybridized carbons (Fsp3) is 0.462. The highest BCUT2D eigenvalue weighted by atomic mass is 79.9. The Morgan fingerprint density at radius 2 is 2.12 bits per heavy atom. The molecule has 1 N–H and O–H groups in total. The van der Waals surface area contributed by atoms with Crippen molar-refractivity contribution >= 4 is 39.1 Å². The van der Waals surface area contributed by atoms with E-state index >= 15 is 0 Å². The first-order chi connectivity index (χ1) is 7.86. The van der Waals surface area contributed by atoms with Crippen molar-refractivity contribution in [3.05, 3.63) is 27.7 Å². The normalized spacial score (nSPS) is 11.4. The number of nitrogens with one attached hydrogen (secondary N) is 1. The second kappa shape index (κ2) is 5.87. The van der Waals surface area contributed by atoms with Gasteiger partial charge in [-0.25, -0.2) is 0 Å². The molecule has 2 nitrogen and oxygen atoms in total. The molecule has 1 amide bonds. The zero-order chi connectivity index (χ0) is 13.1. The van der Waals surface area contributed by atoms with Gasteiger partial charge < -0.3 is 5.32 Å². The van der Waals surface area contributed by atoms with E-state index in [-0.39, 0.29) is 11.3 Å². The van der Waals surface area contributed by atoms with Crippen molar-refractivity contribution in [2.45, 2.75) is 33.6 Å². The lowest BCUT2D eigenvalue weighted by Gasteiger charge is -2.22. The molecule has 0 spiro atoms. The number of benzene rings is 1. The van der Waals surface area contributed by atoms with Crippen LogP contribution in [0.15, 0.2) is 22.7 Å². The summed E-state index contributed by atoms with van der Waals surface area (Å²) in [7, 11) is 0. The topological polar surface area (TPSA) is 29.1 Å². The molecule has 17 heavy (non-hydrogen) atoms. The standard InChI is InChI=1S/C13H17BrClNO/c1-4-7-13(2,3)12(17)16-9-5-6-10(14)11(15)8-9/h5-6,8H,4,7H2,1-3H3,(H,16,17). The Labute approximate surface area is 116 Å². The molecule has 0 unspecified atom stereocenters. The third-order valence-corrected chi connectivity index (χ3v) is 3.90. The van der Waals surface area contributed by atoms with Crippen molar-refractivity contribution in [2.75, 3.05) is 5.32 Å². The zero-order valence-electron chi connectivity index (χ0n) is 10.3. The molecule has 0 aliphatic carbocycles. The van der Waals surface area contributed by atoms with Crippen molar-refractivity contribution in [1.82, 2.24) is 0 Å². The van der Waals surface area contributed by atoms with Crippen molar-refractivity contribution in [1.29, 1.82) is 0 Å². The lowest BCUT2D eigenvalue weighted by atomic mass is 9.87. The molecular weight excluding hydrogens is 302 g/mol. The van der Waals surface area contributed by atoms with Gasteiger partial charge in [0.05, 0.1) is 5.02 Å². The Hall–Kier alpha value is -0.540. The number of hydrogen-bond acceptors (Lipinski definition) is 1. The molecule has 1 aromatic carbocycles. The first kappa shape index (κ1) is 14.5. The van der Waals surface area contributed by atoms with Crippen LogP contribution in [0, 0.1) is 5.41 Å². The van der Waals surface area contributed by atoms with Crippen molar-refractivity contribution in [3.63, 3.8) is 0 Å². The summed E-state index contributed by atoms with van der Waals surface area (Å²) in [5.74, 6) is 0.0257. The molecule has 94 valence electrons. The van der Waals surface area contributed by atoms with Gasteiger partial charge in [0.1, 0.15) is 0 Å². The van der Waals surface area contributed by atoms with E-state index in [1.54, 1.807) is 6.07 Å². The third-order valence-electron chi connectivity index (χ3n) is 2.67. The van der Waals surface area contributed by atoms with E-state index < -0.39 is 0 Å². The highest BCUT2D eigenvalue weighted by Crippen LogP contribution is 2.28. The average Bonchev–Trinajstić information content (AvgIpc) is 2.23. The minimum absolute atomic E-state index is 0.0257. The van der Waals surface area contributed by atoms with Gasteiger partial charge in [-0.05, 0) is 40.5 Å². The van der Waals surface area contributed by atoms with Gasteiger partial charge >= 0.3 is 0 Å². The van der Waals surface area contributed by atoms with Gasteiger partial charge in [-0.1, -0.05) is 38.8 Å². The van der Waals surface area contributed by atoms with E-state index in [9.17, 15) is 4.79 Å². The van der Waals surface area contributed by atoms with Gasteiger partial charge in [-0.3, -0.25) is 4.79 Å². The van der Waals surface area contributed by atoms with Crippen LogP contribution < -0.4 is 5.32 Å². The summed E-state index contributed by atoms with van der Waals surface area (Å²) < 4.78 is 0.824. The molecule has 0 aliphatic heterocycles. The van der Waals surface area contributed by atoms with Crippen molar-refractivity contribution < 1.29 is 4.79 Å². The summed E-state index contributed by atoms with van der Waals surface area (Å²) in [6.45, 7) is 5.98. The number of halogens is 2. The van der Waals surface area contributed by atoms with Gasteiger partial charge in [0, 0.05) is 15.6 Å². The van der Waals surface area contributed by atoms with Crippen LogP contribution in [0.5, 0.6) is 0 Å². The molecule has 0 atom stereocenters. The summed E-state index contributed by atoms with van der Waals surface area (Å²) in [4.78, 5) is 12.1. The van der Waals surface area contributed by atoms with Crippen molar-refractivity contribution in [3.8, 4) is 0 Å². The van der Waals surface area contributed by atoms with Gasteiger partial charge in [-0.15, -0.1) is 0 Å². The number of carbonyl (C=O) groups is 1. The minimum Gasteiger partial charge on any atom is -0.326 e. The monoisotopic (exact) mass is 317 g/mol. The molecule has 1 rings (SSSR count). The van der Waals surface area contributed by atoms with Crippen LogP contribution >= 0.6 is 27.5 Å². The molecule has 0 aromatic heterocycles. The maximum absolute atomic E-state index is 12.1. The van der Waals surface area contributed by atoms with Gasteiger partial charge in [0.25, 0.3) is 0 Å². The second-order valence-electron chi connectivity index (χ2n) is 4.72. The van der Waals surface area contributed by atoms with Crippen LogP contribution in [-0.4, -0.2) is 5.91 Å². The quantitative estimate of drug-likeness (QED) is 0.843. The highest BCUT2D eigenvalue weighted by molar-refractivity contribution is 9.10. The maximum Gasteiger partial charge on any atom is 0.230 e. The molecule has 0 saturated carbocycles. The van der Waals surface area contributed by atoms with Gasteiger partial charge in [0.2, 0.25) is 5.91 Å². The third kappa shape index (κ3) is 4.00. The van der Waals surface area contributed by atoms with Crippen LogP contribution in [0.1, 0.15) is 33.6 Å². The van der Waals surface area contributed by atoms with E-state index in [0.717, 1.165) is 23.0 Å². The van der Waals surface area contributed by atoms with Crippen LogP contribution in [-0.2, 0) is 4.79 Å². The Kier molecular flexibility index (Phi) is 5.02. The Balaban J connectivity index is 2.77. The molecule has 0 bridgehead atoms. The smallest absolute Gasteiger partial charge is 0.230 e. The molecule has 0 saturated heterocycles. The van der Waals surface area contributed by atoms with E-state index in [1.165, 1.54) is 0 Å². The highest BCUT2D eigenvalue weighted by Gasteiger charge is 2.26. The lowest BCUT2D eigenvalue weighted by Crippen LogP contribution is -2.30. The maximum atomic E-state index is 12.1. The molecular formula is C13H17BrClNO. The molecule has 0 heterocycles. The number of hydrogen-bond donors (Lipinski definition) is 1. The SMILES string of the molecule is CCCC(C)(C)C(=O)Nc1ccc(Br)c(Cl)c1. The predicted octanol–water partition coefficient (Wildman–Crippen LogP) is 4.87. The summed E-state index contributed by atoms with van der Waals surface area (Å²) in [5.41, 5.74) is 0.376. The van der Waals surface area contributed by atoms with Crippen LogP contribution in [0.2, 0.25) is 5.02 Å². The van der Waals surface area contributed by atoms with E-state index in [4.69, 9.17) is 11.6 Å². The molecule has 0 fully saturated rings. The molecule has 0 aliphatic rings. The predicted molar refractivity (Wildman–Crippen MR) is 76.5 cm³/mol. The second-order valence-corrected chi connectivity index (χ2v) is 5.98. The Morgan fingerprint density at radius 3 is 2.65 bits per heavy atom. The minimum atomic E-state index is -0.353. The Morgan fingerprint density at radius 1 is 1.47 bits per heavy atom. The van der Waals surface area contributed by atoms with E-state index in [2.05, 4.69) is 28.2 Å². The fourth-order valence-electron chi connectivity index (χ4n) is 1.61. The van der Waals surface area contributed by atoms with Crippen LogP contribution in [0.4, 0.5) is 5.69 Å². The Bertz CT molecular complexity index is 418. The summed E-state index contributed by atoms with van der Waals surface area (Å²) in [6.07, 6.45) is 1.85. The fourth-order valence-corrected chi connectivity index (χ4v) is 2.04. The molecule has 4 heteroatoms. The van der Waals surface area contributed by atoms with Crippen LogP contribution in [0.3, 0.4) is 0 Å². The molecule has 0 radical (unpaired) electrons. The van der Waals surface area contributed by atoms with Crippen molar-refractivity contribution in [2.24, 2.45) is 5.41 Å². The van der Waals surface area contributed by atoms with Gasteiger partial charge in [0.15, 0.2) is 0 Å². The largest absolute Gasteiger partial charge is 0.326 e. The first-order valence-corrected chi connectivity index (χ1v) is 6.80. The summed E-state index contributed by atoms with van der Waals surface area (Å²) in [6, 6.07) is 5.40.